The molecular formula is C14H21NO. The van der Waals surface area contributed by atoms with E-state index < -0.39 is 0 Å². The lowest BCUT2D eigenvalue weighted by atomic mass is 10.1. The number of rotatable bonds is 5. The number of hydrogen-bond acceptors (Lipinski definition) is 2. The fourth-order valence-electron chi connectivity index (χ4n) is 1.52. The quantitative estimate of drug-likeness (QED) is 0.705. The summed E-state index contributed by atoms with van der Waals surface area (Å²) in [6.07, 6.45) is 4.82. The highest BCUT2D eigenvalue weighted by molar-refractivity contribution is 5.46. The number of allylic oxidation sites excluding steroid dienone is 1. The Bertz CT molecular complexity index is 327. The first-order chi connectivity index (χ1) is 7.63. The molecule has 0 saturated carbocycles. The van der Waals surface area contributed by atoms with E-state index in [-0.39, 0.29) is 6.10 Å². The third-order valence-electron chi connectivity index (χ3n) is 2.42. The zero-order chi connectivity index (χ0) is 12.0. The van der Waals surface area contributed by atoms with E-state index in [0.717, 1.165) is 6.42 Å². The van der Waals surface area contributed by atoms with Crippen LogP contribution in [0.4, 0.5) is 5.69 Å². The zero-order valence-electron chi connectivity index (χ0n) is 10.6. The fraction of sp³-hybridized carbons (Fsp3) is 0.429. The van der Waals surface area contributed by atoms with Gasteiger partial charge in [0.05, 0.1) is 12.4 Å². The molecule has 2 heteroatoms. The maximum absolute atomic E-state index is 5.48. The highest BCUT2D eigenvalue weighted by Gasteiger charge is 2.03. The predicted molar refractivity (Wildman–Crippen MR) is 69.8 cm³/mol. The molecule has 0 bridgehead atoms. The van der Waals surface area contributed by atoms with Gasteiger partial charge in [0, 0.05) is 26.2 Å². The lowest BCUT2D eigenvalue weighted by Crippen LogP contribution is -2.10. The van der Waals surface area contributed by atoms with Crippen LogP contribution in [0.25, 0.3) is 0 Å². The van der Waals surface area contributed by atoms with Crippen molar-refractivity contribution >= 4 is 5.69 Å². The van der Waals surface area contributed by atoms with Gasteiger partial charge < -0.3 is 9.64 Å². The Morgan fingerprint density at radius 3 is 2.38 bits per heavy atom. The van der Waals surface area contributed by atoms with Crippen molar-refractivity contribution in [3.8, 4) is 0 Å². The lowest BCUT2D eigenvalue weighted by molar-refractivity contribution is 0.161. The molecule has 0 radical (unpaired) electrons. The van der Waals surface area contributed by atoms with Crippen molar-refractivity contribution in [3.63, 3.8) is 0 Å². The van der Waals surface area contributed by atoms with E-state index in [4.69, 9.17) is 4.74 Å². The molecule has 1 rings (SSSR count). The summed E-state index contributed by atoms with van der Waals surface area (Å²) >= 11 is 0. The molecule has 0 N–H and O–H groups in total. The first-order valence-electron chi connectivity index (χ1n) is 5.66. The van der Waals surface area contributed by atoms with Gasteiger partial charge in [-0.05, 0) is 31.5 Å². The number of anilines is 1. The largest absolute Gasteiger partial charge is 0.498 e. The SMILES string of the molecule is CC=COC(C)Cc1ccc(N(C)C)cc1. The van der Waals surface area contributed by atoms with Crippen molar-refractivity contribution in [1.29, 1.82) is 0 Å². The molecule has 2 nitrogen and oxygen atoms in total. The van der Waals surface area contributed by atoms with E-state index in [1.807, 2.05) is 27.1 Å². The summed E-state index contributed by atoms with van der Waals surface area (Å²) in [5.41, 5.74) is 2.54. The number of hydrogen-bond donors (Lipinski definition) is 0. The minimum Gasteiger partial charge on any atom is -0.498 e. The van der Waals surface area contributed by atoms with Crippen LogP contribution in [0.3, 0.4) is 0 Å². The van der Waals surface area contributed by atoms with Gasteiger partial charge in [-0.3, -0.25) is 0 Å². The maximum atomic E-state index is 5.48. The van der Waals surface area contributed by atoms with E-state index in [1.54, 1.807) is 6.26 Å². The van der Waals surface area contributed by atoms with E-state index in [0.29, 0.717) is 0 Å². The van der Waals surface area contributed by atoms with Crippen LogP contribution < -0.4 is 4.90 Å². The first-order valence-corrected chi connectivity index (χ1v) is 5.66. The topological polar surface area (TPSA) is 12.5 Å². The number of nitrogens with zero attached hydrogens (tertiary/aromatic N) is 1. The fourth-order valence-corrected chi connectivity index (χ4v) is 1.52. The molecule has 0 fully saturated rings. The number of ether oxygens (including phenoxy) is 1. The smallest absolute Gasteiger partial charge is 0.0990 e. The van der Waals surface area contributed by atoms with Crippen LogP contribution in [0.5, 0.6) is 0 Å². The number of benzene rings is 1. The monoisotopic (exact) mass is 219 g/mol. The van der Waals surface area contributed by atoms with Crippen molar-refractivity contribution in [2.45, 2.75) is 26.4 Å². The summed E-state index contributed by atoms with van der Waals surface area (Å²) in [7, 11) is 4.10. The molecule has 0 aliphatic rings. The van der Waals surface area contributed by atoms with Crippen molar-refractivity contribution in [2.24, 2.45) is 0 Å². The summed E-state index contributed by atoms with van der Waals surface area (Å²) < 4.78 is 5.48. The van der Waals surface area contributed by atoms with Gasteiger partial charge in [0.25, 0.3) is 0 Å². The van der Waals surface area contributed by atoms with Crippen LogP contribution in [0.2, 0.25) is 0 Å². The molecule has 1 aromatic carbocycles. The Balaban J connectivity index is 2.54. The van der Waals surface area contributed by atoms with Crippen LogP contribution in [0.1, 0.15) is 19.4 Å². The molecule has 0 aliphatic heterocycles. The molecule has 1 unspecified atom stereocenters. The van der Waals surface area contributed by atoms with Crippen molar-refractivity contribution < 1.29 is 4.74 Å². The van der Waals surface area contributed by atoms with E-state index >= 15 is 0 Å². The highest BCUT2D eigenvalue weighted by Crippen LogP contribution is 2.14. The summed E-state index contributed by atoms with van der Waals surface area (Å²) in [6, 6.07) is 8.59. The van der Waals surface area contributed by atoms with Gasteiger partial charge in [0.15, 0.2) is 0 Å². The molecule has 0 spiro atoms. The molecule has 0 aliphatic carbocycles. The third-order valence-corrected chi connectivity index (χ3v) is 2.42. The van der Waals surface area contributed by atoms with Gasteiger partial charge in [-0.25, -0.2) is 0 Å². The highest BCUT2D eigenvalue weighted by atomic mass is 16.5. The minimum absolute atomic E-state index is 0.224. The van der Waals surface area contributed by atoms with Crippen LogP contribution >= 0.6 is 0 Å². The lowest BCUT2D eigenvalue weighted by Gasteiger charge is -2.14. The molecule has 1 atom stereocenters. The van der Waals surface area contributed by atoms with Gasteiger partial charge in [-0.2, -0.15) is 0 Å². The molecule has 0 aromatic heterocycles. The third kappa shape index (κ3) is 3.97. The van der Waals surface area contributed by atoms with Gasteiger partial charge in [0.1, 0.15) is 0 Å². The van der Waals surface area contributed by atoms with Crippen molar-refractivity contribution in [3.05, 3.63) is 42.2 Å². The van der Waals surface area contributed by atoms with Crippen molar-refractivity contribution in [1.82, 2.24) is 0 Å². The van der Waals surface area contributed by atoms with Crippen molar-refractivity contribution in [2.75, 3.05) is 19.0 Å². The zero-order valence-corrected chi connectivity index (χ0v) is 10.6. The van der Waals surface area contributed by atoms with Crippen LogP contribution in [-0.2, 0) is 11.2 Å². The Kier molecular flexibility index (Phi) is 4.90. The molecule has 16 heavy (non-hydrogen) atoms. The average molecular weight is 219 g/mol. The summed E-state index contributed by atoms with van der Waals surface area (Å²) in [5, 5.41) is 0. The summed E-state index contributed by atoms with van der Waals surface area (Å²) in [6.45, 7) is 4.04. The van der Waals surface area contributed by atoms with E-state index in [1.165, 1.54) is 11.3 Å². The molecule has 0 amide bonds. The van der Waals surface area contributed by atoms with Gasteiger partial charge in [0.2, 0.25) is 0 Å². The molecule has 1 aromatic rings. The second kappa shape index (κ2) is 6.21. The second-order valence-electron chi connectivity index (χ2n) is 4.18. The standard InChI is InChI=1S/C14H21NO/c1-5-10-16-12(2)11-13-6-8-14(9-7-13)15(3)4/h5-10,12H,11H2,1-4H3. The molecule has 0 heterocycles. The summed E-state index contributed by atoms with van der Waals surface area (Å²) in [4.78, 5) is 2.10. The average Bonchev–Trinajstić information content (AvgIpc) is 2.27. The predicted octanol–water partition coefficient (Wildman–Crippen LogP) is 3.23. The Hall–Kier alpha value is -1.44. The maximum Gasteiger partial charge on any atom is 0.0990 e. The Morgan fingerprint density at radius 1 is 1.25 bits per heavy atom. The normalized spacial score (nSPS) is 12.8. The van der Waals surface area contributed by atoms with E-state index in [2.05, 4.69) is 36.1 Å². The molecular weight excluding hydrogens is 198 g/mol. The van der Waals surface area contributed by atoms with Gasteiger partial charge in [-0.1, -0.05) is 18.2 Å². The molecule has 0 saturated heterocycles. The van der Waals surface area contributed by atoms with Crippen LogP contribution in [0.15, 0.2) is 36.6 Å². The molecule has 88 valence electrons. The Labute approximate surface area is 98.5 Å². The van der Waals surface area contributed by atoms with Crippen LogP contribution in [-0.4, -0.2) is 20.2 Å². The van der Waals surface area contributed by atoms with Gasteiger partial charge in [-0.15, -0.1) is 0 Å². The Morgan fingerprint density at radius 2 is 1.88 bits per heavy atom. The minimum atomic E-state index is 0.224. The first kappa shape index (κ1) is 12.6. The van der Waals surface area contributed by atoms with Crippen LogP contribution in [0, 0.1) is 0 Å². The summed E-state index contributed by atoms with van der Waals surface area (Å²) in [5.74, 6) is 0. The van der Waals surface area contributed by atoms with Gasteiger partial charge >= 0.3 is 0 Å². The van der Waals surface area contributed by atoms with E-state index in [9.17, 15) is 0 Å². The second-order valence-corrected chi connectivity index (χ2v) is 4.18.